The van der Waals surface area contributed by atoms with Crippen LogP contribution in [-0.2, 0) is 13.6 Å². The maximum Gasteiger partial charge on any atom is 0.119 e. The lowest BCUT2D eigenvalue weighted by molar-refractivity contribution is 0.317. The molecule has 0 aliphatic heterocycles. The van der Waals surface area contributed by atoms with Crippen LogP contribution in [0, 0.1) is 6.92 Å². The zero-order valence-corrected chi connectivity index (χ0v) is 13.4. The number of hydrogen-bond donors (Lipinski definition) is 1. The van der Waals surface area contributed by atoms with Gasteiger partial charge < -0.3 is 10.1 Å². The van der Waals surface area contributed by atoms with Crippen molar-refractivity contribution < 1.29 is 4.74 Å². The molecule has 4 nitrogen and oxygen atoms in total. The fraction of sp³-hybridized carbons (Fsp3) is 0.471. The Morgan fingerprint density at radius 3 is 2.57 bits per heavy atom. The number of aryl methyl sites for hydroxylation is 1. The molecule has 2 rings (SSSR count). The monoisotopic (exact) mass is 287 g/mol. The standard InChI is InChI=1S/C17H25N3O/c1-5-10-21-17-8-6-15(7-9-17)13(2)18-11-16-12-19-20(4)14(16)3/h6-9,12-13,18H,5,10-11H2,1-4H3. The van der Waals surface area contributed by atoms with E-state index in [0.29, 0.717) is 6.04 Å². The van der Waals surface area contributed by atoms with Gasteiger partial charge in [0.1, 0.15) is 5.75 Å². The minimum Gasteiger partial charge on any atom is -0.494 e. The summed E-state index contributed by atoms with van der Waals surface area (Å²) >= 11 is 0. The topological polar surface area (TPSA) is 39.1 Å². The molecule has 0 saturated heterocycles. The second kappa shape index (κ2) is 7.27. The van der Waals surface area contributed by atoms with Crippen LogP contribution in [0.5, 0.6) is 5.75 Å². The molecule has 0 bridgehead atoms. The Bertz CT molecular complexity index is 560. The van der Waals surface area contributed by atoms with Crippen molar-refractivity contribution in [1.82, 2.24) is 15.1 Å². The van der Waals surface area contributed by atoms with Crippen LogP contribution in [0.1, 0.15) is 43.1 Å². The van der Waals surface area contributed by atoms with E-state index in [1.807, 2.05) is 30.1 Å². The van der Waals surface area contributed by atoms with Crippen molar-refractivity contribution in [2.45, 2.75) is 39.8 Å². The first-order valence-electron chi connectivity index (χ1n) is 7.55. The van der Waals surface area contributed by atoms with Gasteiger partial charge in [-0.05, 0) is 38.0 Å². The Morgan fingerprint density at radius 2 is 2.00 bits per heavy atom. The number of benzene rings is 1. The van der Waals surface area contributed by atoms with Crippen LogP contribution < -0.4 is 10.1 Å². The molecule has 0 radical (unpaired) electrons. The number of aromatic nitrogens is 2. The highest BCUT2D eigenvalue weighted by Gasteiger charge is 2.08. The molecule has 0 fully saturated rings. The summed E-state index contributed by atoms with van der Waals surface area (Å²) in [7, 11) is 1.97. The zero-order valence-electron chi connectivity index (χ0n) is 13.4. The molecule has 0 aliphatic rings. The van der Waals surface area contributed by atoms with E-state index in [-0.39, 0.29) is 0 Å². The number of hydrogen-bond acceptors (Lipinski definition) is 3. The summed E-state index contributed by atoms with van der Waals surface area (Å²) in [5.74, 6) is 0.941. The smallest absolute Gasteiger partial charge is 0.119 e. The normalized spacial score (nSPS) is 12.4. The molecule has 21 heavy (non-hydrogen) atoms. The van der Waals surface area contributed by atoms with Crippen molar-refractivity contribution >= 4 is 0 Å². The molecule has 1 atom stereocenters. The summed E-state index contributed by atoms with van der Waals surface area (Å²) in [5, 5.41) is 7.80. The van der Waals surface area contributed by atoms with E-state index in [4.69, 9.17) is 4.74 Å². The van der Waals surface area contributed by atoms with Crippen molar-refractivity contribution in [2.75, 3.05) is 6.61 Å². The van der Waals surface area contributed by atoms with Crippen LogP contribution in [0.25, 0.3) is 0 Å². The number of nitrogens with zero attached hydrogens (tertiary/aromatic N) is 2. The second-order valence-corrected chi connectivity index (χ2v) is 5.40. The van der Waals surface area contributed by atoms with E-state index >= 15 is 0 Å². The lowest BCUT2D eigenvalue weighted by Gasteiger charge is -2.15. The third kappa shape index (κ3) is 4.08. The average molecular weight is 287 g/mol. The van der Waals surface area contributed by atoms with E-state index in [1.165, 1.54) is 16.8 Å². The largest absolute Gasteiger partial charge is 0.494 e. The molecule has 0 amide bonds. The maximum atomic E-state index is 5.61. The lowest BCUT2D eigenvalue weighted by Crippen LogP contribution is -2.18. The van der Waals surface area contributed by atoms with Gasteiger partial charge in [0, 0.05) is 30.9 Å². The first kappa shape index (κ1) is 15.6. The highest BCUT2D eigenvalue weighted by atomic mass is 16.5. The minimum atomic E-state index is 0.296. The van der Waals surface area contributed by atoms with Crippen molar-refractivity contribution in [3.8, 4) is 5.75 Å². The van der Waals surface area contributed by atoms with E-state index in [1.54, 1.807) is 0 Å². The van der Waals surface area contributed by atoms with Crippen LogP contribution in [-0.4, -0.2) is 16.4 Å². The van der Waals surface area contributed by atoms with Crippen LogP contribution in [0.3, 0.4) is 0 Å². The third-order valence-electron chi connectivity index (χ3n) is 3.79. The van der Waals surface area contributed by atoms with Gasteiger partial charge in [-0.3, -0.25) is 4.68 Å². The van der Waals surface area contributed by atoms with E-state index in [9.17, 15) is 0 Å². The van der Waals surface area contributed by atoms with Crippen molar-refractivity contribution in [3.63, 3.8) is 0 Å². The number of nitrogens with one attached hydrogen (secondary N) is 1. The van der Waals surface area contributed by atoms with Gasteiger partial charge in [-0.15, -0.1) is 0 Å². The van der Waals surface area contributed by atoms with Crippen LogP contribution in [0.2, 0.25) is 0 Å². The van der Waals surface area contributed by atoms with Gasteiger partial charge >= 0.3 is 0 Å². The highest BCUT2D eigenvalue weighted by molar-refractivity contribution is 5.29. The van der Waals surface area contributed by atoms with Crippen LogP contribution in [0.4, 0.5) is 0 Å². The van der Waals surface area contributed by atoms with Gasteiger partial charge in [0.15, 0.2) is 0 Å². The molecule has 1 heterocycles. The summed E-state index contributed by atoms with van der Waals surface area (Å²) in [4.78, 5) is 0. The molecule has 1 aromatic heterocycles. The zero-order chi connectivity index (χ0) is 15.2. The van der Waals surface area contributed by atoms with Gasteiger partial charge in [-0.2, -0.15) is 5.10 Å². The SMILES string of the molecule is CCCOc1ccc(C(C)NCc2cnn(C)c2C)cc1. The summed E-state index contributed by atoms with van der Waals surface area (Å²) in [6.45, 7) is 7.98. The Balaban J connectivity index is 1.90. The third-order valence-corrected chi connectivity index (χ3v) is 3.79. The summed E-state index contributed by atoms with van der Waals surface area (Å²) in [6, 6.07) is 8.62. The first-order chi connectivity index (χ1) is 10.1. The minimum absolute atomic E-state index is 0.296. The fourth-order valence-corrected chi connectivity index (χ4v) is 2.17. The molecule has 4 heteroatoms. The molecule has 2 aromatic rings. The predicted molar refractivity (Wildman–Crippen MR) is 85.4 cm³/mol. The number of ether oxygens (including phenoxy) is 1. The van der Waals surface area contributed by atoms with Gasteiger partial charge in [0.25, 0.3) is 0 Å². The maximum absolute atomic E-state index is 5.61. The van der Waals surface area contributed by atoms with Crippen LogP contribution >= 0.6 is 0 Å². The highest BCUT2D eigenvalue weighted by Crippen LogP contribution is 2.18. The molecular formula is C17H25N3O. The Morgan fingerprint density at radius 1 is 1.29 bits per heavy atom. The molecule has 0 aliphatic carbocycles. The van der Waals surface area contributed by atoms with Crippen molar-refractivity contribution in [3.05, 3.63) is 47.3 Å². The molecule has 1 aromatic carbocycles. The first-order valence-corrected chi connectivity index (χ1v) is 7.55. The molecular weight excluding hydrogens is 262 g/mol. The second-order valence-electron chi connectivity index (χ2n) is 5.40. The summed E-state index contributed by atoms with van der Waals surface area (Å²) in [6.07, 6.45) is 2.96. The van der Waals surface area contributed by atoms with Gasteiger partial charge in [0.2, 0.25) is 0 Å². The number of rotatable bonds is 7. The van der Waals surface area contributed by atoms with Crippen molar-refractivity contribution in [1.29, 1.82) is 0 Å². The van der Waals surface area contributed by atoms with E-state index in [0.717, 1.165) is 25.3 Å². The predicted octanol–water partition coefficient (Wildman–Crippen LogP) is 3.37. The molecule has 114 valence electrons. The van der Waals surface area contributed by atoms with E-state index in [2.05, 4.69) is 43.3 Å². The Kier molecular flexibility index (Phi) is 5.39. The van der Waals surface area contributed by atoms with Crippen molar-refractivity contribution in [2.24, 2.45) is 7.05 Å². The van der Waals surface area contributed by atoms with Crippen LogP contribution in [0.15, 0.2) is 30.5 Å². The lowest BCUT2D eigenvalue weighted by atomic mass is 10.1. The molecule has 0 spiro atoms. The molecule has 1 unspecified atom stereocenters. The Hall–Kier alpha value is -1.81. The fourth-order valence-electron chi connectivity index (χ4n) is 2.17. The van der Waals surface area contributed by atoms with Gasteiger partial charge in [-0.1, -0.05) is 19.1 Å². The molecule has 1 N–H and O–H groups in total. The quantitative estimate of drug-likeness (QED) is 0.848. The summed E-state index contributed by atoms with van der Waals surface area (Å²) < 4.78 is 7.51. The molecule has 0 saturated carbocycles. The Labute approximate surface area is 127 Å². The average Bonchev–Trinajstić information content (AvgIpc) is 2.83. The summed E-state index contributed by atoms with van der Waals surface area (Å²) in [5.41, 5.74) is 3.71. The van der Waals surface area contributed by atoms with Gasteiger partial charge in [0.05, 0.1) is 12.8 Å². The van der Waals surface area contributed by atoms with E-state index < -0.39 is 0 Å². The van der Waals surface area contributed by atoms with Gasteiger partial charge in [-0.25, -0.2) is 0 Å².